The van der Waals surface area contributed by atoms with Gasteiger partial charge in [-0.05, 0) is 43.2 Å². The molecule has 4 rings (SSSR count). The number of ether oxygens (including phenoxy) is 1. The number of carbonyl (C=O) groups excluding carboxylic acids is 1. The number of aromatic nitrogens is 1. The van der Waals surface area contributed by atoms with Gasteiger partial charge in [0.25, 0.3) is 0 Å². The van der Waals surface area contributed by atoms with Gasteiger partial charge in [-0.2, -0.15) is 0 Å². The number of amides is 1. The van der Waals surface area contributed by atoms with Crippen LogP contribution in [0.15, 0.2) is 48.7 Å². The van der Waals surface area contributed by atoms with Crippen molar-refractivity contribution in [3.63, 3.8) is 0 Å². The molecule has 0 bridgehead atoms. The Labute approximate surface area is 201 Å². The molecule has 1 saturated heterocycles. The Morgan fingerprint density at radius 1 is 1.21 bits per heavy atom. The van der Waals surface area contributed by atoms with E-state index >= 15 is 0 Å². The van der Waals surface area contributed by atoms with Gasteiger partial charge < -0.3 is 21.1 Å². The molecule has 0 aliphatic carbocycles. The number of para-hydroxylation sites is 1. The van der Waals surface area contributed by atoms with Crippen LogP contribution in [0.2, 0.25) is 10.0 Å². The number of nitrogens with two attached hydrogens (primary N) is 2. The number of rotatable bonds is 6. The lowest BCUT2D eigenvalue weighted by atomic mass is 9.86. The average molecular weight is 489 g/mol. The largest absolute Gasteiger partial charge is 0.469 e. The van der Waals surface area contributed by atoms with Gasteiger partial charge in [-0.25, -0.2) is 9.37 Å². The third-order valence-corrected chi connectivity index (χ3v) is 6.67. The maximum Gasteiger partial charge on any atom is 0.221 e. The van der Waals surface area contributed by atoms with E-state index in [0.717, 1.165) is 12.0 Å². The minimum atomic E-state index is -0.750. The van der Waals surface area contributed by atoms with Crippen molar-refractivity contribution in [2.45, 2.75) is 25.0 Å². The molecule has 9 heteroatoms. The van der Waals surface area contributed by atoms with Crippen LogP contribution in [0, 0.1) is 5.82 Å². The smallest absolute Gasteiger partial charge is 0.221 e. The number of pyridine rings is 1. The molecular weight excluding hydrogens is 466 g/mol. The molecule has 1 fully saturated rings. The van der Waals surface area contributed by atoms with Gasteiger partial charge in [0.2, 0.25) is 12.3 Å². The van der Waals surface area contributed by atoms with Gasteiger partial charge in [0.05, 0.1) is 10.6 Å². The van der Waals surface area contributed by atoms with E-state index in [4.69, 9.17) is 39.4 Å². The molecule has 3 aromatic rings. The highest BCUT2D eigenvalue weighted by atomic mass is 35.5. The minimum absolute atomic E-state index is 0.0972. The Hall–Kier alpha value is -2.87. The first kappa shape index (κ1) is 23.3. The van der Waals surface area contributed by atoms with Gasteiger partial charge in [-0.1, -0.05) is 41.4 Å². The van der Waals surface area contributed by atoms with Crippen LogP contribution in [0.4, 0.5) is 10.1 Å². The summed E-state index contributed by atoms with van der Waals surface area (Å²) >= 11 is 12.4. The van der Waals surface area contributed by atoms with Gasteiger partial charge >= 0.3 is 0 Å². The third kappa shape index (κ3) is 4.36. The first-order valence-corrected chi connectivity index (χ1v) is 11.1. The van der Waals surface area contributed by atoms with Crippen molar-refractivity contribution in [3.05, 3.63) is 75.7 Å². The molecule has 33 heavy (non-hydrogen) atoms. The van der Waals surface area contributed by atoms with Crippen molar-refractivity contribution in [1.82, 2.24) is 9.88 Å². The highest BCUT2D eigenvalue weighted by Gasteiger charge is 2.37. The first-order chi connectivity index (χ1) is 15.7. The number of likely N-dealkylation sites (tertiary alicyclic amines) is 1. The molecule has 172 valence electrons. The van der Waals surface area contributed by atoms with Crippen LogP contribution in [0.5, 0.6) is 5.88 Å². The monoisotopic (exact) mass is 488 g/mol. The predicted molar refractivity (Wildman–Crippen MR) is 128 cm³/mol. The topological polar surface area (TPSA) is 94.5 Å². The second-order valence-electron chi connectivity index (χ2n) is 8.12. The molecular formula is C24H23Cl2FN4O2. The number of benzene rings is 2. The normalized spacial score (nSPS) is 18.9. The molecule has 0 spiro atoms. The van der Waals surface area contributed by atoms with Crippen LogP contribution in [-0.2, 0) is 10.3 Å². The fourth-order valence-electron chi connectivity index (χ4n) is 4.24. The van der Waals surface area contributed by atoms with Crippen LogP contribution in [0.3, 0.4) is 0 Å². The van der Waals surface area contributed by atoms with E-state index in [9.17, 15) is 9.18 Å². The summed E-state index contributed by atoms with van der Waals surface area (Å²) in [6.45, 7) is 2.66. The molecule has 1 aliphatic rings. The Morgan fingerprint density at radius 2 is 1.97 bits per heavy atom. The standard InChI is InChI=1S/C24H23Cl2FN4O2/c1-14(20-18(25)7-8-19(27)21(20)26)33-23-16(5-3-10-30-23)15-4-2-6-17(22(15)28)24(29)9-11-31(12-24)13-32/h2-8,10,13-14H,9,11-12,28-29H2,1H3/t14?,24-/m0/s1. The summed E-state index contributed by atoms with van der Waals surface area (Å²) in [5, 5.41) is 0.193. The summed E-state index contributed by atoms with van der Waals surface area (Å²) < 4.78 is 20.1. The van der Waals surface area contributed by atoms with Crippen molar-refractivity contribution in [1.29, 1.82) is 0 Å². The van der Waals surface area contributed by atoms with E-state index in [1.807, 2.05) is 24.3 Å². The Balaban J connectivity index is 1.72. The molecule has 1 aromatic heterocycles. The lowest BCUT2D eigenvalue weighted by Crippen LogP contribution is -2.40. The SMILES string of the molecule is CC(Oc1ncccc1-c1cccc([C@]2(N)CCN(C=O)C2)c1N)c1c(Cl)ccc(F)c1Cl. The highest BCUT2D eigenvalue weighted by molar-refractivity contribution is 6.36. The summed E-state index contributed by atoms with van der Waals surface area (Å²) in [6, 6.07) is 11.8. The lowest BCUT2D eigenvalue weighted by Gasteiger charge is -2.27. The lowest BCUT2D eigenvalue weighted by molar-refractivity contribution is -0.117. The number of anilines is 1. The number of nitrogen functional groups attached to an aromatic ring is 1. The molecule has 2 heterocycles. The van der Waals surface area contributed by atoms with Crippen LogP contribution < -0.4 is 16.2 Å². The van der Waals surface area contributed by atoms with E-state index in [2.05, 4.69) is 4.98 Å². The van der Waals surface area contributed by atoms with Crippen molar-refractivity contribution >= 4 is 35.3 Å². The summed E-state index contributed by atoms with van der Waals surface area (Å²) in [6.07, 6.45) is 2.30. The summed E-state index contributed by atoms with van der Waals surface area (Å²) in [5.41, 5.74) is 15.4. The van der Waals surface area contributed by atoms with Crippen molar-refractivity contribution in [2.24, 2.45) is 5.73 Å². The summed E-state index contributed by atoms with van der Waals surface area (Å²) in [7, 11) is 0. The number of carbonyl (C=O) groups is 1. The maximum atomic E-state index is 14.0. The van der Waals surface area contributed by atoms with Gasteiger partial charge in [0.15, 0.2) is 0 Å². The molecule has 2 atom stereocenters. The zero-order valence-electron chi connectivity index (χ0n) is 17.9. The highest BCUT2D eigenvalue weighted by Crippen LogP contribution is 2.41. The minimum Gasteiger partial charge on any atom is -0.469 e. The third-order valence-electron chi connectivity index (χ3n) is 5.96. The number of halogens is 3. The van der Waals surface area contributed by atoms with Crippen molar-refractivity contribution in [2.75, 3.05) is 18.8 Å². The Bertz CT molecular complexity index is 1210. The van der Waals surface area contributed by atoms with E-state index in [1.165, 1.54) is 12.1 Å². The fourth-order valence-corrected chi connectivity index (χ4v) is 4.92. The number of hydrogen-bond donors (Lipinski definition) is 2. The zero-order valence-corrected chi connectivity index (χ0v) is 19.4. The molecule has 4 N–H and O–H groups in total. The first-order valence-electron chi connectivity index (χ1n) is 10.4. The van der Waals surface area contributed by atoms with Crippen LogP contribution >= 0.6 is 23.2 Å². The molecule has 0 radical (unpaired) electrons. The molecule has 6 nitrogen and oxygen atoms in total. The van der Waals surface area contributed by atoms with Crippen LogP contribution in [-0.4, -0.2) is 29.4 Å². The van der Waals surface area contributed by atoms with E-state index in [1.54, 1.807) is 24.1 Å². The number of nitrogens with zero attached hydrogens (tertiary/aromatic N) is 2. The average Bonchev–Trinajstić information content (AvgIpc) is 3.19. The number of hydrogen-bond acceptors (Lipinski definition) is 5. The van der Waals surface area contributed by atoms with Gasteiger partial charge in [-0.3, -0.25) is 4.79 Å². The maximum absolute atomic E-state index is 14.0. The van der Waals surface area contributed by atoms with Gasteiger partial charge in [0, 0.05) is 46.7 Å². The summed E-state index contributed by atoms with van der Waals surface area (Å²) in [5.74, 6) is -0.295. The Morgan fingerprint density at radius 3 is 2.70 bits per heavy atom. The molecule has 1 unspecified atom stereocenters. The predicted octanol–water partition coefficient (Wildman–Crippen LogP) is 4.93. The second-order valence-corrected chi connectivity index (χ2v) is 8.91. The van der Waals surface area contributed by atoms with Gasteiger partial charge in [0.1, 0.15) is 11.9 Å². The zero-order chi connectivity index (χ0) is 23.8. The second kappa shape index (κ2) is 9.17. The quantitative estimate of drug-likeness (QED) is 0.291. The van der Waals surface area contributed by atoms with E-state index in [0.29, 0.717) is 46.9 Å². The van der Waals surface area contributed by atoms with Crippen LogP contribution in [0.1, 0.15) is 30.6 Å². The van der Waals surface area contributed by atoms with Gasteiger partial charge in [-0.15, -0.1) is 0 Å². The van der Waals surface area contributed by atoms with Crippen molar-refractivity contribution in [3.8, 4) is 17.0 Å². The summed E-state index contributed by atoms with van der Waals surface area (Å²) in [4.78, 5) is 17.2. The molecule has 0 saturated carbocycles. The molecule has 2 aromatic carbocycles. The van der Waals surface area contributed by atoms with E-state index in [-0.39, 0.29) is 10.9 Å². The van der Waals surface area contributed by atoms with Crippen molar-refractivity contribution < 1.29 is 13.9 Å². The van der Waals surface area contributed by atoms with Crippen LogP contribution in [0.25, 0.3) is 11.1 Å². The molecule has 1 aliphatic heterocycles. The Kier molecular flexibility index (Phi) is 6.47. The van der Waals surface area contributed by atoms with E-state index < -0.39 is 17.5 Å². The molecule has 1 amide bonds. The fraction of sp³-hybridized carbons (Fsp3) is 0.250.